The molecule has 2 rings (SSSR count). The SMILES string of the molecule is COc1ccc2c(c1)[C@H](N)CC2. The summed E-state index contributed by atoms with van der Waals surface area (Å²) in [5.41, 5.74) is 8.55. The number of nitrogens with two attached hydrogens (primary N) is 1. The van der Waals surface area contributed by atoms with Crippen molar-refractivity contribution in [3.05, 3.63) is 29.3 Å². The van der Waals surface area contributed by atoms with Crippen LogP contribution in [0.4, 0.5) is 0 Å². The molecule has 2 nitrogen and oxygen atoms in total. The number of ether oxygens (including phenoxy) is 1. The standard InChI is InChI=1S/C10H13NO/c1-12-8-4-2-7-3-5-10(11)9(7)6-8/h2,4,6,10H,3,5,11H2,1H3/t10-/m1/s1. The van der Waals surface area contributed by atoms with Crippen LogP contribution in [0.2, 0.25) is 0 Å². The van der Waals surface area contributed by atoms with Crippen LogP contribution in [0.3, 0.4) is 0 Å². The van der Waals surface area contributed by atoms with E-state index in [2.05, 4.69) is 6.07 Å². The second-order valence-corrected chi connectivity index (χ2v) is 3.21. The van der Waals surface area contributed by atoms with Crippen molar-refractivity contribution in [2.45, 2.75) is 18.9 Å². The van der Waals surface area contributed by atoms with Crippen LogP contribution in [0.5, 0.6) is 5.75 Å². The largest absolute Gasteiger partial charge is 0.497 e. The molecule has 1 atom stereocenters. The van der Waals surface area contributed by atoms with Gasteiger partial charge >= 0.3 is 0 Å². The predicted molar refractivity (Wildman–Crippen MR) is 48.2 cm³/mol. The summed E-state index contributed by atoms with van der Waals surface area (Å²) in [4.78, 5) is 0. The van der Waals surface area contributed by atoms with Gasteiger partial charge in [0.05, 0.1) is 7.11 Å². The Morgan fingerprint density at radius 3 is 3.08 bits per heavy atom. The molecule has 0 saturated carbocycles. The molecule has 0 bridgehead atoms. The molecular formula is C10H13NO. The van der Waals surface area contributed by atoms with Crippen molar-refractivity contribution in [3.63, 3.8) is 0 Å². The fourth-order valence-corrected chi connectivity index (χ4v) is 1.74. The lowest BCUT2D eigenvalue weighted by Crippen LogP contribution is -2.05. The third-order valence-electron chi connectivity index (χ3n) is 2.48. The van der Waals surface area contributed by atoms with Crippen LogP contribution >= 0.6 is 0 Å². The molecule has 2 N–H and O–H groups in total. The molecule has 0 unspecified atom stereocenters. The fourth-order valence-electron chi connectivity index (χ4n) is 1.74. The molecular weight excluding hydrogens is 150 g/mol. The Hall–Kier alpha value is -1.02. The zero-order valence-corrected chi connectivity index (χ0v) is 7.21. The minimum atomic E-state index is 0.218. The van der Waals surface area contributed by atoms with E-state index in [-0.39, 0.29) is 6.04 Å². The summed E-state index contributed by atoms with van der Waals surface area (Å²) >= 11 is 0. The Labute approximate surface area is 72.3 Å². The Morgan fingerprint density at radius 1 is 1.50 bits per heavy atom. The summed E-state index contributed by atoms with van der Waals surface area (Å²) in [6.45, 7) is 0. The smallest absolute Gasteiger partial charge is 0.119 e. The van der Waals surface area contributed by atoms with Gasteiger partial charge in [-0.25, -0.2) is 0 Å². The lowest BCUT2D eigenvalue weighted by atomic mass is 10.1. The molecule has 1 aromatic rings. The highest BCUT2D eigenvalue weighted by molar-refractivity contribution is 5.40. The van der Waals surface area contributed by atoms with Gasteiger partial charge in [0.15, 0.2) is 0 Å². The quantitative estimate of drug-likeness (QED) is 0.683. The first kappa shape index (κ1) is 7.62. The maximum atomic E-state index is 5.91. The van der Waals surface area contributed by atoms with Crippen LogP contribution < -0.4 is 10.5 Å². The van der Waals surface area contributed by atoms with Crippen molar-refractivity contribution in [3.8, 4) is 5.75 Å². The van der Waals surface area contributed by atoms with E-state index in [1.165, 1.54) is 11.1 Å². The van der Waals surface area contributed by atoms with Gasteiger partial charge in [0.2, 0.25) is 0 Å². The molecule has 1 aromatic carbocycles. The summed E-state index contributed by atoms with van der Waals surface area (Å²) in [6.07, 6.45) is 2.18. The van der Waals surface area contributed by atoms with Gasteiger partial charge < -0.3 is 10.5 Å². The second kappa shape index (κ2) is 2.79. The maximum absolute atomic E-state index is 5.91. The summed E-state index contributed by atoms with van der Waals surface area (Å²) in [5, 5.41) is 0. The lowest BCUT2D eigenvalue weighted by molar-refractivity contribution is 0.414. The Bertz CT molecular complexity index is 296. The zero-order chi connectivity index (χ0) is 8.55. The molecule has 0 saturated heterocycles. The second-order valence-electron chi connectivity index (χ2n) is 3.21. The van der Waals surface area contributed by atoms with Crippen LogP contribution in [0, 0.1) is 0 Å². The summed E-state index contributed by atoms with van der Waals surface area (Å²) < 4.78 is 5.13. The van der Waals surface area contributed by atoms with Crippen molar-refractivity contribution in [2.75, 3.05) is 7.11 Å². The van der Waals surface area contributed by atoms with Gasteiger partial charge in [0.1, 0.15) is 5.75 Å². The minimum absolute atomic E-state index is 0.218. The van der Waals surface area contributed by atoms with Crippen LogP contribution in [0.1, 0.15) is 23.6 Å². The van der Waals surface area contributed by atoms with Gasteiger partial charge in [-0.15, -0.1) is 0 Å². The number of aryl methyl sites for hydroxylation is 1. The molecule has 0 aromatic heterocycles. The van der Waals surface area contributed by atoms with E-state index in [0.29, 0.717) is 0 Å². The van der Waals surface area contributed by atoms with Gasteiger partial charge in [-0.05, 0) is 36.1 Å². The third kappa shape index (κ3) is 1.08. The van der Waals surface area contributed by atoms with Crippen molar-refractivity contribution in [1.82, 2.24) is 0 Å². The van der Waals surface area contributed by atoms with Gasteiger partial charge in [-0.2, -0.15) is 0 Å². The third-order valence-corrected chi connectivity index (χ3v) is 2.48. The highest BCUT2D eigenvalue weighted by Crippen LogP contribution is 2.31. The van der Waals surface area contributed by atoms with E-state index < -0.39 is 0 Å². The molecule has 12 heavy (non-hydrogen) atoms. The minimum Gasteiger partial charge on any atom is -0.497 e. The fraction of sp³-hybridized carbons (Fsp3) is 0.400. The van der Waals surface area contributed by atoms with Gasteiger partial charge in [-0.1, -0.05) is 6.07 Å². The van der Waals surface area contributed by atoms with Crippen molar-refractivity contribution in [2.24, 2.45) is 5.73 Å². The average molecular weight is 163 g/mol. The lowest BCUT2D eigenvalue weighted by Gasteiger charge is -2.06. The monoisotopic (exact) mass is 163 g/mol. The average Bonchev–Trinajstić information content (AvgIpc) is 2.47. The van der Waals surface area contributed by atoms with Crippen molar-refractivity contribution in [1.29, 1.82) is 0 Å². The molecule has 64 valence electrons. The van der Waals surface area contributed by atoms with E-state index in [1.54, 1.807) is 7.11 Å². The highest BCUT2D eigenvalue weighted by atomic mass is 16.5. The molecule has 1 aliphatic rings. The topological polar surface area (TPSA) is 35.2 Å². The predicted octanol–water partition coefficient (Wildman–Crippen LogP) is 1.64. The molecule has 0 spiro atoms. The molecule has 0 radical (unpaired) electrons. The molecule has 1 aliphatic carbocycles. The zero-order valence-electron chi connectivity index (χ0n) is 7.21. The Kier molecular flexibility index (Phi) is 1.77. The van der Waals surface area contributed by atoms with Crippen LogP contribution in [-0.2, 0) is 6.42 Å². The molecule has 0 aliphatic heterocycles. The number of hydrogen-bond donors (Lipinski definition) is 1. The molecule has 0 fully saturated rings. The molecule has 2 heteroatoms. The Balaban J connectivity index is 2.43. The van der Waals surface area contributed by atoms with E-state index in [1.807, 2.05) is 12.1 Å². The first-order valence-corrected chi connectivity index (χ1v) is 4.23. The summed E-state index contributed by atoms with van der Waals surface area (Å²) in [6, 6.07) is 6.38. The van der Waals surface area contributed by atoms with Crippen molar-refractivity contribution >= 4 is 0 Å². The number of benzene rings is 1. The maximum Gasteiger partial charge on any atom is 0.119 e. The van der Waals surface area contributed by atoms with Gasteiger partial charge in [0.25, 0.3) is 0 Å². The van der Waals surface area contributed by atoms with E-state index in [0.717, 1.165) is 18.6 Å². The summed E-state index contributed by atoms with van der Waals surface area (Å²) in [7, 11) is 1.68. The molecule has 0 amide bonds. The normalized spacial score (nSPS) is 20.7. The van der Waals surface area contributed by atoms with Gasteiger partial charge in [-0.3, -0.25) is 0 Å². The Morgan fingerprint density at radius 2 is 2.33 bits per heavy atom. The van der Waals surface area contributed by atoms with E-state index in [9.17, 15) is 0 Å². The number of rotatable bonds is 1. The number of hydrogen-bond acceptors (Lipinski definition) is 2. The summed E-state index contributed by atoms with van der Waals surface area (Å²) in [5.74, 6) is 0.908. The van der Waals surface area contributed by atoms with Gasteiger partial charge in [0, 0.05) is 6.04 Å². The number of methoxy groups -OCH3 is 1. The van der Waals surface area contributed by atoms with Crippen LogP contribution in [0.25, 0.3) is 0 Å². The van der Waals surface area contributed by atoms with E-state index in [4.69, 9.17) is 10.5 Å². The first-order valence-electron chi connectivity index (χ1n) is 4.23. The highest BCUT2D eigenvalue weighted by Gasteiger charge is 2.18. The number of fused-ring (bicyclic) bond motifs is 1. The first-order chi connectivity index (χ1) is 5.81. The van der Waals surface area contributed by atoms with E-state index >= 15 is 0 Å². The van der Waals surface area contributed by atoms with Crippen molar-refractivity contribution < 1.29 is 4.74 Å². The van der Waals surface area contributed by atoms with Crippen LogP contribution in [-0.4, -0.2) is 7.11 Å². The van der Waals surface area contributed by atoms with Crippen LogP contribution in [0.15, 0.2) is 18.2 Å². The molecule has 0 heterocycles.